The number of carbonyl (C=O) groups excluding carboxylic acids is 1. The van der Waals surface area contributed by atoms with Crippen molar-refractivity contribution in [2.24, 2.45) is 5.92 Å². The second kappa shape index (κ2) is 6.66. The van der Waals surface area contributed by atoms with Gasteiger partial charge in [-0.15, -0.1) is 0 Å². The molecule has 2 saturated heterocycles. The van der Waals surface area contributed by atoms with Crippen LogP contribution in [0.25, 0.3) is 0 Å². The van der Waals surface area contributed by atoms with E-state index in [-0.39, 0.29) is 17.5 Å². The van der Waals surface area contributed by atoms with Crippen LogP contribution >= 0.6 is 0 Å². The first kappa shape index (κ1) is 15.3. The van der Waals surface area contributed by atoms with Gasteiger partial charge in [0.25, 0.3) is 0 Å². The van der Waals surface area contributed by atoms with Crippen molar-refractivity contribution in [2.45, 2.75) is 69.9 Å². The number of ether oxygens (including phenoxy) is 2. The minimum absolute atomic E-state index is 0.0105. The Morgan fingerprint density at radius 2 is 1.95 bits per heavy atom. The van der Waals surface area contributed by atoms with E-state index >= 15 is 0 Å². The van der Waals surface area contributed by atoms with Crippen molar-refractivity contribution in [3.05, 3.63) is 0 Å². The molecule has 0 amide bonds. The van der Waals surface area contributed by atoms with Gasteiger partial charge in [0.1, 0.15) is 0 Å². The average Bonchev–Trinajstić information content (AvgIpc) is 2.95. The standard InChI is InChI=1S/C17H29NO3/c1-2-20-16(19)14-5-10-18(11-6-14)15-7-12-21-17(13-15)8-3-4-9-17/h14-15H,2-13H2,1H3. The quantitative estimate of drug-likeness (QED) is 0.751. The Balaban J connectivity index is 1.51. The zero-order chi connectivity index (χ0) is 14.7. The first-order valence-electron chi connectivity index (χ1n) is 8.77. The molecule has 2 heterocycles. The van der Waals surface area contributed by atoms with E-state index in [4.69, 9.17) is 9.47 Å². The lowest BCUT2D eigenvalue weighted by Gasteiger charge is -2.45. The van der Waals surface area contributed by atoms with Gasteiger partial charge in [0.2, 0.25) is 0 Å². The molecule has 4 nitrogen and oxygen atoms in total. The molecule has 1 aliphatic carbocycles. The smallest absolute Gasteiger partial charge is 0.309 e. The Morgan fingerprint density at radius 1 is 1.24 bits per heavy atom. The Bertz CT molecular complexity index is 357. The molecule has 3 rings (SSSR count). The highest BCUT2D eigenvalue weighted by molar-refractivity contribution is 5.72. The van der Waals surface area contributed by atoms with E-state index in [1.54, 1.807) is 0 Å². The molecular weight excluding hydrogens is 266 g/mol. The molecular formula is C17H29NO3. The monoisotopic (exact) mass is 295 g/mol. The van der Waals surface area contributed by atoms with Gasteiger partial charge in [-0.25, -0.2) is 0 Å². The predicted molar refractivity (Wildman–Crippen MR) is 81.1 cm³/mol. The van der Waals surface area contributed by atoms with Crippen molar-refractivity contribution in [1.29, 1.82) is 0 Å². The van der Waals surface area contributed by atoms with Gasteiger partial charge in [-0.05, 0) is 58.5 Å². The molecule has 0 aromatic carbocycles. The fraction of sp³-hybridized carbons (Fsp3) is 0.941. The minimum Gasteiger partial charge on any atom is -0.466 e. The van der Waals surface area contributed by atoms with Crippen molar-refractivity contribution >= 4 is 5.97 Å². The van der Waals surface area contributed by atoms with Crippen molar-refractivity contribution in [3.8, 4) is 0 Å². The highest BCUT2D eigenvalue weighted by Crippen LogP contribution is 2.41. The van der Waals surface area contributed by atoms with E-state index < -0.39 is 0 Å². The molecule has 1 unspecified atom stereocenters. The molecule has 3 fully saturated rings. The van der Waals surface area contributed by atoms with Crippen LogP contribution in [-0.4, -0.2) is 48.8 Å². The maximum Gasteiger partial charge on any atom is 0.309 e. The van der Waals surface area contributed by atoms with Crippen LogP contribution in [0.2, 0.25) is 0 Å². The van der Waals surface area contributed by atoms with E-state index in [1.807, 2.05) is 6.92 Å². The molecule has 0 N–H and O–H groups in total. The SMILES string of the molecule is CCOC(=O)C1CCN(C2CCOC3(CCCC3)C2)CC1. The Kier molecular flexibility index (Phi) is 4.85. The Labute approximate surface area is 128 Å². The molecule has 0 aromatic heterocycles. The van der Waals surface area contributed by atoms with Gasteiger partial charge in [-0.2, -0.15) is 0 Å². The number of hydrogen-bond acceptors (Lipinski definition) is 4. The number of piperidine rings is 1. The third kappa shape index (κ3) is 3.42. The molecule has 21 heavy (non-hydrogen) atoms. The second-order valence-electron chi connectivity index (χ2n) is 6.95. The number of nitrogens with zero attached hydrogens (tertiary/aromatic N) is 1. The van der Waals surface area contributed by atoms with Gasteiger partial charge in [-0.3, -0.25) is 4.79 Å². The topological polar surface area (TPSA) is 38.8 Å². The highest BCUT2D eigenvalue weighted by atomic mass is 16.5. The van der Waals surface area contributed by atoms with Crippen LogP contribution in [0, 0.1) is 5.92 Å². The lowest BCUT2D eigenvalue weighted by molar-refractivity contribution is -0.150. The fourth-order valence-corrected chi connectivity index (χ4v) is 4.44. The van der Waals surface area contributed by atoms with Crippen molar-refractivity contribution in [1.82, 2.24) is 4.90 Å². The van der Waals surface area contributed by atoms with Gasteiger partial charge in [0.05, 0.1) is 18.1 Å². The van der Waals surface area contributed by atoms with E-state index in [0.717, 1.165) is 39.0 Å². The molecule has 0 bridgehead atoms. The van der Waals surface area contributed by atoms with Gasteiger partial charge < -0.3 is 14.4 Å². The predicted octanol–water partition coefficient (Wildman–Crippen LogP) is 2.75. The Hall–Kier alpha value is -0.610. The fourth-order valence-electron chi connectivity index (χ4n) is 4.44. The third-order valence-electron chi connectivity index (χ3n) is 5.65. The van der Waals surface area contributed by atoms with Crippen LogP contribution in [0.3, 0.4) is 0 Å². The molecule has 0 radical (unpaired) electrons. The average molecular weight is 295 g/mol. The molecule has 0 aromatic rings. The van der Waals surface area contributed by atoms with Crippen LogP contribution in [0.1, 0.15) is 58.3 Å². The van der Waals surface area contributed by atoms with Crippen LogP contribution < -0.4 is 0 Å². The zero-order valence-electron chi connectivity index (χ0n) is 13.3. The normalized spacial score (nSPS) is 30.6. The molecule has 1 spiro atoms. The molecule has 1 atom stereocenters. The summed E-state index contributed by atoms with van der Waals surface area (Å²) >= 11 is 0. The summed E-state index contributed by atoms with van der Waals surface area (Å²) in [5, 5.41) is 0. The summed E-state index contributed by atoms with van der Waals surface area (Å²) in [7, 11) is 0. The van der Waals surface area contributed by atoms with Crippen LogP contribution in [0.5, 0.6) is 0 Å². The molecule has 3 aliphatic rings. The first-order chi connectivity index (χ1) is 10.2. The van der Waals surface area contributed by atoms with E-state index in [2.05, 4.69) is 4.90 Å². The van der Waals surface area contributed by atoms with E-state index in [9.17, 15) is 4.79 Å². The maximum absolute atomic E-state index is 11.8. The van der Waals surface area contributed by atoms with Gasteiger partial charge in [0, 0.05) is 12.6 Å². The highest BCUT2D eigenvalue weighted by Gasteiger charge is 2.42. The van der Waals surface area contributed by atoms with Gasteiger partial charge >= 0.3 is 5.97 Å². The largest absolute Gasteiger partial charge is 0.466 e. The summed E-state index contributed by atoms with van der Waals surface area (Å²) in [5.41, 5.74) is 0.195. The van der Waals surface area contributed by atoms with Gasteiger partial charge in [-0.1, -0.05) is 12.8 Å². The van der Waals surface area contributed by atoms with Crippen LogP contribution in [0.4, 0.5) is 0 Å². The number of likely N-dealkylation sites (tertiary alicyclic amines) is 1. The molecule has 4 heteroatoms. The third-order valence-corrected chi connectivity index (χ3v) is 5.65. The summed E-state index contributed by atoms with van der Waals surface area (Å²) in [6.07, 6.45) is 9.45. The molecule has 120 valence electrons. The number of carbonyl (C=O) groups is 1. The summed E-state index contributed by atoms with van der Waals surface area (Å²) in [5.74, 6) is 0.137. The van der Waals surface area contributed by atoms with Crippen molar-refractivity contribution < 1.29 is 14.3 Å². The zero-order valence-corrected chi connectivity index (χ0v) is 13.3. The van der Waals surface area contributed by atoms with Gasteiger partial charge in [0.15, 0.2) is 0 Å². The number of hydrogen-bond donors (Lipinski definition) is 0. The first-order valence-corrected chi connectivity index (χ1v) is 8.77. The van der Waals surface area contributed by atoms with E-state index in [0.29, 0.717) is 12.6 Å². The van der Waals surface area contributed by atoms with Crippen molar-refractivity contribution in [2.75, 3.05) is 26.3 Å². The Morgan fingerprint density at radius 3 is 2.62 bits per heavy atom. The lowest BCUT2D eigenvalue weighted by Crippen LogP contribution is -2.50. The summed E-state index contributed by atoms with van der Waals surface area (Å²) in [6, 6.07) is 0.667. The minimum atomic E-state index is 0.0105. The number of esters is 1. The van der Waals surface area contributed by atoms with E-state index in [1.165, 1.54) is 32.1 Å². The van der Waals surface area contributed by atoms with Crippen LogP contribution in [-0.2, 0) is 14.3 Å². The molecule has 1 saturated carbocycles. The maximum atomic E-state index is 11.8. The van der Waals surface area contributed by atoms with Crippen molar-refractivity contribution in [3.63, 3.8) is 0 Å². The summed E-state index contributed by atoms with van der Waals surface area (Å²) < 4.78 is 11.3. The molecule has 2 aliphatic heterocycles. The lowest BCUT2D eigenvalue weighted by atomic mass is 9.86. The summed E-state index contributed by atoms with van der Waals surface area (Å²) in [4.78, 5) is 14.4. The summed E-state index contributed by atoms with van der Waals surface area (Å²) in [6.45, 7) is 5.40. The second-order valence-corrected chi connectivity index (χ2v) is 6.95. The van der Waals surface area contributed by atoms with Crippen LogP contribution in [0.15, 0.2) is 0 Å². The number of rotatable bonds is 3.